The van der Waals surface area contributed by atoms with Crippen molar-refractivity contribution in [3.63, 3.8) is 0 Å². The maximum atomic E-state index is 12.1. The van der Waals surface area contributed by atoms with Crippen LogP contribution in [-0.2, 0) is 22.7 Å². The van der Waals surface area contributed by atoms with Crippen molar-refractivity contribution in [2.75, 3.05) is 26.2 Å². The van der Waals surface area contributed by atoms with Crippen LogP contribution in [-0.4, -0.2) is 55.4 Å². The molecule has 2 heterocycles. The maximum Gasteiger partial charge on any atom is 0.250 e. The summed E-state index contributed by atoms with van der Waals surface area (Å²) in [5, 5.41) is 22.5. The fourth-order valence-corrected chi connectivity index (χ4v) is 4.29. The molecule has 0 aliphatic carbocycles. The molecule has 27 heavy (non-hydrogen) atoms. The number of hydrogen-bond acceptors (Lipinski definition) is 6. The summed E-state index contributed by atoms with van der Waals surface area (Å²) >= 11 is 1.17. The summed E-state index contributed by atoms with van der Waals surface area (Å²) in [4.78, 5) is 4.39. The normalized spacial score (nSPS) is 14.7. The molecule has 0 aliphatic heterocycles. The molecule has 11 heteroatoms. The van der Waals surface area contributed by atoms with Crippen molar-refractivity contribution >= 4 is 27.3 Å². The number of aliphatic hydroxyl groups is 1. The summed E-state index contributed by atoms with van der Waals surface area (Å²) in [6, 6.07) is 3.26. The standard InChI is InChI=1S/C16H26N6O3S2/c1-4-17-15(19-12-16(2,23)13-10-20-22(3)11-13)18-7-8-21-27(24,25)14-6-5-9-26-14/h5-6,9-11,21,23H,4,7-8,12H2,1-3H3,(H2,17,18,19). The lowest BCUT2D eigenvalue weighted by atomic mass is 10.0. The molecular formula is C16H26N6O3S2. The minimum atomic E-state index is -3.48. The van der Waals surface area contributed by atoms with Gasteiger partial charge in [0.1, 0.15) is 9.81 Å². The first-order valence-electron chi connectivity index (χ1n) is 8.51. The van der Waals surface area contributed by atoms with Gasteiger partial charge < -0.3 is 15.7 Å². The van der Waals surface area contributed by atoms with Crippen molar-refractivity contribution in [1.29, 1.82) is 0 Å². The lowest BCUT2D eigenvalue weighted by molar-refractivity contribution is 0.0672. The highest BCUT2D eigenvalue weighted by atomic mass is 32.2. The van der Waals surface area contributed by atoms with Gasteiger partial charge in [0.2, 0.25) is 10.0 Å². The molecule has 0 radical (unpaired) electrons. The van der Waals surface area contributed by atoms with Crippen LogP contribution in [0.3, 0.4) is 0 Å². The van der Waals surface area contributed by atoms with Crippen molar-refractivity contribution < 1.29 is 13.5 Å². The molecule has 1 atom stereocenters. The van der Waals surface area contributed by atoms with Crippen molar-refractivity contribution in [3.05, 3.63) is 35.5 Å². The number of hydrogen-bond donors (Lipinski definition) is 4. The molecule has 1 unspecified atom stereocenters. The summed E-state index contributed by atoms with van der Waals surface area (Å²) in [5.41, 5.74) is -0.481. The molecule has 9 nitrogen and oxygen atoms in total. The molecule has 0 amide bonds. The molecule has 0 aliphatic rings. The van der Waals surface area contributed by atoms with E-state index in [9.17, 15) is 13.5 Å². The Morgan fingerprint density at radius 3 is 2.78 bits per heavy atom. The van der Waals surface area contributed by atoms with Crippen LogP contribution in [0.25, 0.3) is 0 Å². The Hall–Kier alpha value is -1.95. The van der Waals surface area contributed by atoms with Crippen LogP contribution in [0.1, 0.15) is 19.4 Å². The van der Waals surface area contributed by atoms with Crippen molar-refractivity contribution in [2.24, 2.45) is 12.0 Å². The van der Waals surface area contributed by atoms with Gasteiger partial charge in [-0.3, -0.25) is 4.68 Å². The number of thiophene rings is 1. The van der Waals surface area contributed by atoms with E-state index in [-0.39, 0.29) is 17.3 Å². The van der Waals surface area contributed by atoms with Gasteiger partial charge in [0.05, 0.1) is 12.7 Å². The zero-order chi connectivity index (χ0) is 19.9. The first kappa shape index (κ1) is 21.4. The van der Waals surface area contributed by atoms with Crippen LogP contribution in [0.2, 0.25) is 0 Å². The number of aryl methyl sites for hydroxylation is 1. The van der Waals surface area contributed by atoms with E-state index in [1.165, 1.54) is 11.3 Å². The second-order valence-corrected chi connectivity index (χ2v) is 9.07. The van der Waals surface area contributed by atoms with E-state index in [0.717, 1.165) is 0 Å². The fraction of sp³-hybridized carbons (Fsp3) is 0.500. The number of aliphatic imine (C=N–C) groups is 1. The quantitative estimate of drug-likeness (QED) is 0.265. The van der Waals surface area contributed by atoms with Gasteiger partial charge in [0.15, 0.2) is 5.96 Å². The predicted molar refractivity (Wildman–Crippen MR) is 106 cm³/mol. The number of aromatic nitrogens is 2. The Morgan fingerprint density at radius 1 is 1.41 bits per heavy atom. The van der Waals surface area contributed by atoms with E-state index in [4.69, 9.17) is 0 Å². The van der Waals surface area contributed by atoms with Gasteiger partial charge in [0, 0.05) is 38.4 Å². The molecule has 2 aromatic rings. The summed E-state index contributed by atoms with van der Waals surface area (Å²) in [7, 11) is -1.69. The Bertz CT molecular complexity index is 843. The topological polar surface area (TPSA) is 121 Å². The van der Waals surface area contributed by atoms with E-state index in [0.29, 0.717) is 24.6 Å². The highest BCUT2D eigenvalue weighted by Gasteiger charge is 2.24. The number of nitrogens with one attached hydrogen (secondary N) is 3. The van der Waals surface area contributed by atoms with Crippen LogP contribution in [0.5, 0.6) is 0 Å². The Labute approximate surface area is 163 Å². The Balaban J connectivity index is 1.88. The lowest BCUT2D eigenvalue weighted by Crippen LogP contribution is -2.42. The molecule has 0 bridgehead atoms. The van der Waals surface area contributed by atoms with Crippen LogP contribution in [0.4, 0.5) is 0 Å². The summed E-state index contributed by atoms with van der Waals surface area (Å²) < 4.78 is 28.6. The molecular weight excluding hydrogens is 388 g/mol. The molecule has 2 rings (SSSR count). The van der Waals surface area contributed by atoms with Gasteiger partial charge >= 0.3 is 0 Å². The number of sulfonamides is 1. The molecule has 0 spiro atoms. The zero-order valence-electron chi connectivity index (χ0n) is 15.6. The van der Waals surface area contributed by atoms with Gasteiger partial charge in [-0.25, -0.2) is 18.1 Å². The summed E-state index contributed by atoms with van der Waals surface area (Å²) in [5.74, 6) is 0.497. The number of nitrogens with zero attached hydrogens (tertiary/aromatic N) is 3. The van der Waals surface area contributed by atoms with Crippen molar-refractivity contribution in [3.8, 4) is 0 Å². The van der Waals surface area contributed by atoms with Gasteiger partial charge in [-0.1, -0.05) is 6.07 Å². The minimum absolute atomic E-state index is 0.134. The highest BCUT2D eigenvalue weighted by molar-refractivity contribution is 7.91. The highest BCUT2D eigenvalue weighted by Crippen LogP contribution is 2.19. The average Bonchev–Trinajstić information content (AvgIpc) is 3.28. The van der Waals surface area contributed by atoms with Crippen LogP contribution >= 0.6 is 11.3 Å². The fourth-order valence-electron chi connectivity index (χ4n) is 2.22. The summed E-state index contributed by atoms with van der Waals surface area (Å²) in [6.07, 6.45) is 3.35. The average molecular weight is 415 g/mol. The maximum absolute atomic E-state index is 12.1. The van der Waals surface area contributed by atoms with E-state index in [1.54, 1.807) is 48.6 Å². The molecule has 0 fully saturated rings. The molecule has 0 saturated carbocycles. The number of guanidine groups is 1. The second kappa shape index (κ2) is 9.31. The van der Waals surface area contributed by atoms with E-state index >= 15 is 0 Å². The minimum Gasteiger partial charge on any atom is -0.383 e. The smallest absolute Gasteiger partial charge is 0.250 e. The Morgan fingerprint density at radius 2 is 2.19 bits per heavy atom. The largest absolute Gasteiger partial charge is 0.383 e. The molecule has 4 N–H and O–H groups in total. The van der Waals surface area contributed by atoms with Crippen LogP contribution in [0.15, 0.2) is 39.1 Å². The monoisotopic (exact) mass is 414 g/mol. The first-order chi connectivity index (χ1) is 12.7. The first-order valence-corrected chi connectivity index (χ1v) is 10.9. The van der Waals surface area contributed by atoms with Gasteiger partial charge in [-0.2, -0.15) is 5.10 Å². The third-order valence-electron chi connectivity index (χ3n) is 3.69. The number of rotatable bonds is 9. The van der Waals surface area contributed by atoms with E-state index in [1.807, 2.05) is 6.92 Å². The van der Waals surface area contributed by atoms with E-state index < -0.39 is 15.6 Å². The third kappa shape index (κ3) is 6.31. The van der Waals surface area contributed by atoms with Crippen molar-refractivity contribution in [1.82, 2.24) is 25.1 Å². The lowest BCUT2D eigenvalue weighted by Gasteiger charge is -2.20. The third-order valence-corrected chi connectivity index (χ3v) is 6.54. The van der Waals surface area contributed by atoms with E-state index in [2.05, 4.69) is 25.4 Å². The van der Waals surface area contributed by atoms with Gasteiger partial charge in [0.25, 0.3) is 0 Å². The van der Waals surface area contributed by atoms with Gasteiger partial charge in [-0.15, -0.1) is 11.3 Å². The molecule has 0 saturated heterocycles. The van der Waals surface area contributed by atoms with Crippen molar-refractivity contribution in [2.45, 2.75) is 23.7 Å². The molecule has 150 valence electrons. The predicted octanol–water partition coefficient (Wildman–Crippen LogP) is 0.223. The zero-order valence-corrected chi connectivity index (χ0v) is 17.3. The van der Waals surface area contributed by atoms with Crippen LogP contribution < -0.4 is 15.4 Å². The molecule has 2 aromatic heterocycles. The van der Waals surface area contributed by atoms with Crippen LogP contribution in [0, 0.1) is 0 Å². The SMILES string of the molecule is CCNC(=NCC(C)(O)c1cnn(C)c1)NCCNS(=O)(=O)c1cccs1. The summed E-state index contributed by atoms with van der Waals surface area (Å²) in [6.45, 7) is 4.94. The molecule has 0 aromatic carbocycles. The Kier molecular flexibility index (Phi) is 7.36. The van der Waals surface area contributed by atoms with Gasteiger partial charge in [-0.05, 0) is 25.3 Å². The second-order valence-electron chi connectivity index (χ2n) is 6.13.